The molecule has 140 valence electrons. The second-order valence-electron chi connectivity index (χ2n) is 6.37. The van der Waals surface area contributed by atoms with Crippen LogP contribution < -0.4 is 0 Å². The fourth-order valence-corrected chi connectivity index (χ4v) is 3.07. The van der Waals surface area contributed by atoms with E-state index < -0.39 is 0 Å². The molecule has 2 aromatic heterocycles. The summed E-state index contributed by atoms with van der Waals surface area (Å²) in [5.74, 6) is -0.277. The number of hydrogen-bond donors (Lipinski definition) is 0. The van der Waals surface area contributed by atoms with Crippen molar-refractivity contribution in [1.82, 2.24) is 9.38 Å². The largest absolute Gasteiger partial charge is 0.391 e. The van der Waals surface area contributed by atoms with E-state index in [1.54, 1.807) is 18.3 Å². The quantitative estimate of drug-likeness (QED) is 0.324. The van der Waals surface area contributed by atoms with Crippen LogP contribution in [0.3, 0.4) is 0 Å². The molecule has 4 rings (SSSR count). The van der Waals surface area contributed by atoms with Gasteiger partial charge >= 0.3 is 0 Å². The lowest BCUT2D eigenvalue weighted by molar-refractivity contribution is 0.132. The van der Waals surface area contributed by atoms with E-state index in [-0.39, 0.29) is 12.4 Å². The third kappa shape index (κ3) is 3.75. The molecule has 0 fully saturated rings. The Morgan fingerprint density at radius 2 is 1.86 bits per heavy atom. The first kappa shape index (κ1) is 18.2. The van der Waals surface area contributed by atoms with Crippen LogP contribution in [0, 0.1) is 12.7 Å². The monoisotopic (exact) mass is 393 g/mol. The molecule has 4 aromatic rings. The number of aryl methyl sites for hydroxylation is 1. The summed E-state index contributed by atoms with van der Waals surface area (Å²) in [5.41, 5.74) is 5.29. The first-order valence-electron chi connectivity index (χ1n) is 8.75. The zero-order chi connectivity index (χ0) is 19.5. The van der Waals surface area contributed by atoms with Gasteiger partial charge in [-0.1, -0.05) is 47.1 Å². The lowest BCUT2D eigenvalue weighted by Crippen LogP contribution is -1.95. The van der Waals surface area contributed by atoms with Crippen molar-refractivity contribution in [3.63, 3.8) is 0 Å². The van der Waals surface area contributed by atoms with Crippen LogP contribution in [0.1, 0.15) is 16.8 Å². The molecule has 0 radical (unpaired) electrons. The molecule has 0 aliphatic heterocycles. The summed E-state index contributed by atoms with van der Waals surface area (Å²) in [6.07, 6.45) is 3.59. The fraction of sp³-hybridized carbons (Fsp3) is 0.0909. The highest BCUT2D eigenvalue weighted by Crippen LogP contribution is 2.26. The van der Waals surface area contributed by atoms with Crippen LogP contribution >= 0.6 is 11.6 Å². The molecule has 4 nitrogen and oxygen atoms in total. The molecule has 0 saturated heterocycles. The standard InChI is InChI=1S/C22H17ClFN3O/c1-15-3-2-12-27-20(13-25-28-14-16-4-10-19(24)11-5-16)21(26-22(15)27)17-6-8-18(23)9-7-17/h2-13H,14H2,1H3. The number of rotatable bonds is 5. The first-order valence-corrected chi connectivity index (χ1v) is 9.13. The summed E-state index contributed by atoms with van der Waals surface area (Å²) in [4.78, 5) is 10.2. The van der Waals surface area contributed by atoms with E-state index in [0.717, 1.165) is 33.7 Å². The average molecular weight is 394 g/mol. The molecule has 2 aromatic carbocycles. The van der Waals surface area contributed by atoms with Crippen molar-refractivity contribution in [2.75, 3.05) is 0 Å². The third-order valence-electron chi connectivity index (χ3n) is 4.39. The molecule has 2 heterocycles. The van der Waals surface area contributed by atoms with E-state index in [2.05, 4.69) is 5.16 Å². The summed E-state index contributed by atoms with van der Waals surface area (Å²) < 4.78 is 15.0. The number of aromatic nitrogens is 2. The van der Waals surface area contributed by atoms with Crippen LogP contribution in [0.5, 0.6) is 0 Å². The number of imidazole rings is 1. The van der Waals surface area contributed by atoms with Crippen molar-refractivity contribution >= 4 is 23.5 Å². The average Bonchev–Trinajstić information content (AvgIpc) is 3.07. The molecule has 0 atom stereocenters. The maximum absolute atomic E-state index is 13.0. The van der Waals surface area contributed by atoms with E-state index in [9.17, 15) is 4.39 Å². The van der Waals surface area contributed by atoms with E-state index in [0.29, 0.717) is 5.02 Å². The van der Waals surface area contributed by atoms with Crippen LogP contribution in [0.4, 0.5) is 4.39 Å². The van der Waals surface area contributed by atoms with E-state index in [4.69, 9.17) is 21.4 Å². The van der Waals surface area contributed by atoms with Gasteiger partial charge in [0.15, 0.2) is 0 Å². The van der Waals surface area contributed by atoms with Gasteiger partial charge < -0.3 is 4.84 Å². The van der Waals surface area contributed by atoms with E-state index in [1.807, 2.05) is 53.9 Å². The minimum absolute atomic E-state index is 0.253. The first-order chi connectivity index (χ1) is 13.6. The van der Waals surface area contributed by atoms with Crippen molar-refractivity contribution < 1.29 is 9.23 Å². The molecule has 0 aliphatic carbocycles. The Morgan fingerprint density at radius 1 is 1.11 bits per heavy atom. The highest BCUT2D eigenvalue weighted by molar-refractivity contribution is 6.30. The van der Waals surface area contributed by atoms with Crippen molar-refractivity contribution in [2.45, 2.75) is 13.5 Å². The fourth-order valence-electron chi connectivity index (χ4n) is 2.95. The van der Waals surface area contributed by atoms with Crippen molar-refractivity contribution in [2.24, 2.45) is 5.16 Å². The van der Waals surface area contributed by atoms with Gasteiger partial charge in [0.2, 0.25) is 0 Å². The van der Waals surface area contributed by atoms with Gasteiger partial charge in [-0.05, 0) is 48.4 Å². The van der Waals surface area contributed by atoms with Gasteiger partial charge in [-0.3, -0.25) is 4.40 Å². The van der Waals surface area contributed by atoms with E-state index in [1.165, 1.54) is 12.1 Å². The predicted molar refractivity (Wildman–Crippen MR) is 109 cm³/mol. The Kier molecular flexibility index (Phi) is 5.08. The van der Waals surface area contributed by atoms with Gasteiger partial charge in [-0.15, -0.1) is 0 Å². The maximum atomic E-state index is 13.0. The summed E-state index contributed by atoms with van der Waals surface area (Å²) in [6.45, 7) is 2.27. The van der Waals surface area contributed by atoms with Crippen molar-refractivity contribution in [3.8, 4) is 11.3 Å². The van der Waals surface area contributed by atoms with Gasteiger partial charge in [0.1, 0.15) is 18.1 Å². The molecule has 6 heteroatoms. The molecular weight excluding hydrogens is 377 g/mol. The minimum Gasteiger partial charge on any atom is -0.391 e. The summed E-state index contributed by atoms with van der Waals surface area (Å²) in [6, 6.07) is 17.6. The van der Waals surface area contributed by atoms with Gasteiger partial charge in [0.25, 0.3) is 0 Å². The van der Waals surface area contributed by atoms with Gasteiger partial charge in [-0.25, -0.2) is 9.37 Å². The van der Waals surface area contributed by atoms with Crippen LogP contribution in [0.2, 0.25) is 5.02 Å². The molecule has 0 spiro atoms. The van der Waals surface area contributed by atoms with Crippen LogP contribution in [0.25, 0.3) is 16.9 Å². The molecule has 0 saturated carbocycles. The van der Waals surface area contributed by atoms with Crippen LogP contribution in [-0.4, -0.2) is 15.6 Å². The maximum Gasteiger partial charge on any atom is 0.142 e. The SMILES string of the molecule is Cc1cccn2c(C=NOCc3ccc(F)cc3)c(-c3ccc(Cl)cc3)nc12. The van der Waals surface area contributed by atoms with Gasteiger partial charge in [0.05, 0.1) is 17.6 Å². The highest BCUT2D eigenvalue weighted by atomic mass is 35.5. The molecule has 0 aliphatic rings. The van der Waals surface area contributed by atoms with Gasteiger partial charge in [0, 0.05) is 16.8 Å². The lowest BCUT2D eigenvalue weighted by atomic mass is 10.1. The zero-order valence-corrected chi connectivity index (χ0v) is 15.9. The third-order valence-corrected chi connectivity index (χ3v) is 4.65. The van der Waals surface area contributed by atoms with Gasteiger partial charge in [-0.2, -0.15) is 0 Å². The second kappa shape index (κ2) is 7.82. The van der Waals surface area contributed by atoms with Crippen LogP contribution in [0.15, 0.2) is 72.0 Å². The second-order valence-corrected chi connectivity index (χ2v) is 6.81. The number of halogens is 2. The number of oxime groups is 1. The molecule has 0 N–H and O–H groups in total. The lowest BCUT2D eigenvalue weighted by Gasteiger charge is -2.02. The number of benzene rings is 2. The number of fused-ring (bicyclic) bond motifs is 1. The molecule has 0 bridgehead atoms. The molecule has 0 amide bonds. The van der Waals surface area contributed by atoms with Crippen molar-refractivity contribution in [3.05, 3.63) is 94.5 Å². The Bertz CT molecular complexity index is 1140. The number of pyridine rings is 1. The number of hydrogen-bond acceptors (Lipinski definition) is 3. The predicted octanol–water partition coefficient (Wildman–Crippen LogP) is 5.65. The normalized spacial score (nSPS) is 11.4. The summed E-state index contributed by atoms with van der Waals surface area (Å²) in [5, 5.41) is 4.78. The number of nitrogens with zero attached hydrogens (tertiary/aromatic N) is 3. The van der Waals surface area contributed by atoms with Crippen LogP contribution in [-0.2, 0) is 11.4 Å². The minimum atomic E-state index is -0.277. The Labute approximate surface area is 166 Å². The Morgan fingerprint density at radius 3 is 2.61 bits per heavy atom. The molecule has 28 heavy (non-hydrogen) atoms. The topological polar surface area (TPSA) is 38.9 Å². The highest BCUT2D eigenvalue weighted by Gasteiger charge is 2.14. The summed E-state index contributed by atoms with van der Waals surface area (Å²) >= 11 is 6.02. The van der Waals surface area contributed by atoms with Crippen molar-refractivity contribution in [1.29, 1.82) is 0 Å². The Hall–Kier alpha value is -3.18. The molecule has 0 unspecified atom stereocenters. The smallest absolute Gasteiger partial charge is 0.142 e. The summed E-state index contributed by atoms with van der Waals surface area (Å²) in [7, 11) is 0. The zero-order valence-electron chi connectivity index (χ0n) is 15.1. The van der Waals surface area contributed by atoms with E-state index >= 15 is 0 Å². The Balaban J connectivity index is 1.66. The molecular formula is C22H17ClFN3O.